The van der Waals surface area contributed by atoms with Crippen LogP contribution in [0.5, 0.6) is 0 Å². The van der Waals surface area contributed by atoms with E-state index in [2.05, 4.69) is 10.3 Å². The van der Waals surface area contributed by atoms with E-state index in [0.717, 1.165) is 42.8 Å². The lowest BCUT2D eigenvalue weighted by Crippen LogP contribution is -2.48. The molecule has 2 aliphatic heterocycles. The van der Waals surface area contributed by atoms with E-state index >= 15 is 0 Å². The first-order valence-electron chi connectivity index (χ1n) is 11.0. The highest BCUT2D eigenvalue weighted by atomic mass is 32.1. The summed E-state index contributed by atoms with van der Waals surface area (Å²) in [6.45, 7) is 7.32. The van der Waals surface area contributed by atoms with Crippen LogP contribution in [0.15, 0.2) is 29.1 Å². The summed E-state index contributed by atoms with van der Waals surface area (Å²) in [5, 5.41) is 5.35. The quantitative estimate of drug-likeness (QED) is 0.690. The lowest BCUT2D eigenvalue weighted by molar-refractivity contribution is -0.166. The minimum absolute atomic E-state index is 0.132. The van der Waals surface area contributed by atoms with Gasteiger partial charge in [-0.2, -0.15) is 0 Å². The maximum atomic E-state index is 14.1. The smallest absolute Gasteiger partial charge is 0.309 e. The third-order valence-corrected chi connectivity index (χ3v) is 6.68. The predicted molar refractivity (Wildman–Crippen MR) is 119 cm³/mol. The number of carbonyl (C=O) groups is 1. The number of hydrogen-bond acceptors (Lipinski definition) is 6. The predicted octanol–water partition coefficient (Wildman–Crippen LogP) is 4.39. The Morgan fingerprint density at radius 1 is 1.39 bits per heavy atom. The van der Waals surface area contributed by atoms with Crippen LogP contribution in [0.4, 0.5) is 4.39 Å². The van der Waals surface area contributed by atoms with Crippen LogP contribution in [0, 0.1) is 11.7 Å². The monoisotopic (exact) mass is 446 g/mol. The fourth-order valence-corrected chi connectivity index (χ4v) is 5.30. The molecule has 2 unspecified atom stereocenters. The molecule has 2 aromatic rings. The SMILES string of the molecule is CC(C)(C)OC(=O)C(Cc1cscn1)CC1Cc2ccc(F)cc2C2(CCNCC2)O1. The van der Waals surface area contributed by atoms with E-state index in [-0.39, 0.29) is 23.8 Å². The highest BCUT2D eigenvalue weighted by Crippen LogP contribution is 2.43. The van der Waals surface area contributed by atoms with Gasteiger partial charge in [0.2, 0.25) is 0 Å². The molecule has 0 saturated carbocycles. The minimum Gasteiger partial charge on any atom is -0.460 e. The van der Waals surface area contributed by atoms with Gasteiger partial charge in [0.25, 0.3) is 0 Å². The van der Waals surface area contributed by atoms with Crippen molar-refractivity contribution in [3.63, 3.8) is 0 Å². The molecule has 0 radical (unpaired) electrons. The molecule has 1 aromatic carbocycles. The molecule has 1 spiro atoms. The number of halogens is 1. The van der Waals surface area contributed by atoms with Gasteiger partial charge in [-0.05, 0) is 82.8 Å². The molecule has 2 aliphatic rings. The molecule has 7 heteroatoms. The van der Waals surface area contributed by atoms with E-state index in [1.54, 1.807) is 11.6 Å². The lowest BCUT2D eigenvalue weighted by atomic mass is 9.77. The number of aromatic nitrogens is 1. The first-order valence-corrected chi connectivity index (χ1v) is 12.0. The first kappa shape index (κ1) is 22.4. The van der Waals surface area contributed by atoms with Crippen molar-refractivity contribution in [2.45, 2.75) is 70.2 Å². The number of esters is 1. The molecule has 3 heterocycles. The molecule has 1 saturated heterocycles. The average molecular weight is 447 g/mol. The molecule has 31 heavy (non-hydrogen) atoms. The van der Waals surface area contributed by atoms with Crippen molar-refractivity contribution < 1.29 is 18.7 Å². The topological polar surface area (TPSA) is 60.5 Å². The van der Waals surface area contributed by atoms with Crippen LogP contribution in [-0.2, 0) is 32.7 Å². The molecule has 1 N–H and O–H groups in total. The van der Waals surface area contributed by atoms with E-state index in [4.69, 9.17) is 9.47 Å². The van der Waals surface area contributed by atoms with E-state index in [9.17, 15) is 9.18 Å². The third-order valence-electron chi connectivity index (χ3n) is 6.04. The maximum Gasteiger partial charge on any atom is 0.309 e. The normalized spacial score (nSPS) is 21.5. The molecule has 1 fully saturated rings. The van der Waals surface area contributed by atoms with E-state index in [1.807, 2.05) is 32.2 Å². The second kappa shape index (κ2) is 8.96. The summed E-state index contributed by atoms with van der Waals surface area (Å²) in [6.07, 6.45) is 3.21. The Morgan fingerprint density at radius 2 is 2.16 bits per heavy atom. The Labute approximate surface area is 187 Å². The second-order valence-corrected chi connectivity index (χ2v) is 10.4. The summed E-state index contributed by atoms with van der Waals surface area (Å²) < 4.78 is 26.5. The Hall–Kier alpha value is -1.83. The van der Waals surface area contributed by atoms with Gasteiger partial charge in [0.1, 0.15) is 11.4 Å². The number of hydrogen-bond donors (Lipinski definition) is 1. The van der Waals surface area contributed by atoms with Gasteiger partial charge >= 0.3 is 5.97 Å². The van der Waals surface area contributed by atoms with Crippen LogP contribution >= 0.6 is 11.3 Å². The van der Waals surface area contributed by atoms with Gasteiger partial charge in [0, 0.05) is 11.8 Å². The largest absolute Gasteiger partial charge is 0.460 e. The Morgan fingerprint density at radius 3 is 2.84 bits per heavy atom. The average Bonchev–Trinajstić information content (AvgIpc) is 3.21. The second-order valence-electron chi connectivity index (χ2n) is 9.64. The molecule has 0 aliphatic carbocycles. The summed E-state index contributed by atoms with van der Waals surface area (Å²) in [4.78, 5) is 17.4. The van der Waals surface area contributed by atoms with Crippen LogP contribution in [0.25, 0.3) is 0 Å². The van der Waals surface area contributed by atoms with Gasteiger partial charge in [-0.15, -0.1) is 11.3 Å². The number of nitrogens with one attached hydrogen (secondary N) is 1. The van der Waals surface area contributed by atoms with Gasteiger partial charge in [0.15, 0.2) is 0 Å². The molecule has 0 bridgehead atoms. The van der Waals surface area contributed by atoms with E-state index in [0.29, 0.717) is 19.3 Å². The molecule has 1 aromatic heterocycles. The summed E-state index contributed by atoms with van der Waals surface area (Å²) in [7, 11) is 0. The first-order chi connectivity index (χ1) is 14.7. The zero-order valence-electron chi connectivity index (χ0n) is 18.4. The van der Waals surface area contributed by atoms with Gasteiger partial charge in [-0.25, -0.2) is 9.37 Å². The molecular formula is C24H31FN2O3S. The van der Waals surface area contributed by atoms with Crippen molar-refractivity contribution in [1.82, 2.24) is 10.3 Å². The van der Waals surface area contributed by atoms with Crippen LogP contribution in [-0.4, -0.2) is 35.7 Å². The van der Waals surface area contributed by atoms with Crippen LogP contribution < -0.4 is 5.32 Å². The van der Waals surface area contributed by atoms with Crippen molar-refractivity contribution in [3.05, 3.63) is 51.7 Å². The Bertz CT molecular complexity index is 904. The van der Waals surface area contributed by atoms with Crippen LogP contribution in [0.1, 0.15) is 56.9 Å². The highest BCUT2D eigenvalue weighted by molar-refractivity contribution is 7.07. The van der Waals surface area contributed by atoms with Crippen LogP contribution in [0.2, 0.25) is 0 Å². The number of fused-ring (bicyclic) bond motifs is 2. The fourth-order valence-electron chi connectivity index (χ4n) is 4.73. The molecular weight excluding hydrogens is 415 g/mol. The number of piperidine rings is 1. The zero-order chi connectivity index (χ0) is 22.1. The standard InChI is InChI=1S/C24H31FN2O3S/c1-23(2,3)30-22(28)17(10-19-14-31-15-27-19)12-20-11-16-4-5-18(25)13-21(16)24(29-20)6-8-26-9-7-24/h4-5,13-15,17,20,26H,6-12H2,1-3H3. The number of carbonyl (C=O) groups excluding carboxylic acids is 1. The molecule has 0 amide bonds. The zero-order valence-corrected chi connectivity index (χ0v) is 19.3. The number of benzene rings is 1. The van der Waals surface area contributed by atoms with E-state index in [1.165, 1.54) is 17.4 Å². The van der Waals surface area contributed by atoms with Crippen molar-refractivity contribution in [2.75, 3.05) is 13.1 Å². The molecule has 168 valence electrons. The number of rotatable bonds is 5. The van der Waals surface area contributed by atoms with E-state index < -0.39 is 11.2 Å². The maximum absolute atomic E-state index is 14.1. The summed E-state index contributed by atoms with van der Waals surface area (Å²) in [6, 6.07) is 5.04. The minimum atomic E-state index is -0.550. The summed E-state index contributed by atoms with van der Waals surface area (Å²) >= 11 is 1.53. The Balaban J connectivity index is 1.59. The summed E-state index contributed by atoms with van der Waals surface area (Å²) in [5.41, 5.74) is 3.73. The van der Waals surface area contributed by atoms with Gasteiger partial charge in [-0.1, -0.05) is 6.07 Å². The van der Waals surface area contributed by atoms with Gasteiger partial charge in [0.05, 0.1) is 28.8 Å². The molecule has 2 atom stereocenters. The van der Waals surface area contributed by atoms with Gasteiger partial charge in [-0.3, -0.25) is 4.79 Å². The van der Waals surface area contributed by atoms with Crippen LogP contribution in [0.3, 0.4) is 0 Å². The molecule has 4 rings (SSSR count). The number of nitrogens with zero attached hydrogens (tertiary/aromatic N) is 1. The van der Waals surface area contributed by atoms with Crippen molar-refractivity contribution >= 4 is 17.3 Å². The van der Waals surface area contributed by atoms with Crippen molar-refractivity contribution in [1.29, 1.82) is 0 Å². The number of ether oxygens (including phenoxy) is 2. The Kier molecular flexibility index (Phi) is 6.47. The number of thiazole rings is 1. The highest BCUT2D eigenvalue weighted by Gasteiger charge is 2.43. The van der Waals surface area contributed by atoms with Crippen molar-refractivity contribution in [2.24, 2.45) is 5.92 Å². The third kappa shape index (κ3) is 5.33. The fraction of sp³-hybridized carbons (Fsp3) is 0.583. The van der Waals surface area contributed by atoms with Gasteiger partial charge < -0.3 is 14.8 Å². The molecule has 5 nitrogen and oxygen atoms in total. The van der Waals surface area contributed by atoms with Crippen molar-refractivity contribution in [3.8, 4) is 0 Å². The summed E-state index contributed by atoms with van der Waals surface area (Å²) in [5.74, 6) is -0.783. The lowest BCUT2D eigenvalue weighted by Gasteiger charge is -2.46.